The minimum absolute atomic E-state index is 0.417. The number of piperidine rings is 1. The van der Waals surface area contributed by atoms with Crippen molar-refractivity contribution < 1.29 is 9.15 Å². The molecule has 5 nitrogen and oxygen atoms in total. The molecule has 1 unspecified atom stereocenters. The number of aromatic nitrogens is 2. The Morgan fingerprint density at radius 3 is 3.12 bits per heavy atom. The summed E-state index contributed by atoms with van der Waals surface area (Å²) in [5.41, 5.74) is 0.874. The SMILES string of the molecule is Clc1cccnc1OCC1CCCN(c2nccc3occc23)C1. The molecule has 4 heterocycles. The lowest BCUT2D eigenvalue weighted by atomic mass is 9.99. The molecular formula is C18H18ClN3O2. The van der Waals surface area contributed by atoms with Crippen molar-refractivity contribution in [3.05, 3.63) is 47.9 Å². The van der Waals surface area contributed by atoms with Crippen molar-refractivity contribution in [3.63, 3.8) is 0 Å². The van der Waals surface area contributed by atoms with E-state index in [9.17, 15) is 0 Å². The average molecular weight is 344 g/mol. The van der Waals surface area contributed by atoms with E-state index in [4.69, 9.17) is 20.8 Å². The molecule has 24 heavy (non-hydrogen) atoms. The summed E-state index contributed by atoms with van der Waals surface area (Å²) in [6, 6.07) is 7.47. The Morgan fingerprint density at radius 2 is 2.21 bits per heavy atom. The molecule has 1 aliphatic rings. The van der Waals surface area contributed by atoms with Gasteiger partial charge in [-0.15, -0.1) is 0 Å². The topological polar surface area (TPSA) is 51.4 Å². The van der Waals surface area contributed by atoms with Crippen LogP contribution in [0.4, 0.5) is 5.82 Å². The molecular weight excluding hydrogens is 326 g/mol. The third-order valence-electron chi connectivity index (χ3n) is 4.36. The molecule has 6 heteroatoms. The average Bonchev–Trinajstić information content (AvgIpc) is 3.10. The maximum atomic E-state index is 6.10. The number of hydrogen-bond acceptors (Lipinski definition) is 5. The zero-order valence-corrected chi connectivity index (χ0v) is 13.9. The van der Waals surface area contributed by atoms with E-state index in [0.29, 0.717) is 23.4 Å². The van der Waals surface area contributed by atoms with Gasteiger partial charge in [0.2, 0.25) is 5.88 Å². The fourth-order valence-corrected chi connectivity index (χ4v) is 3.38. The number of furan rings is 1. The van der Waals surface area contributed by atoms with Gasteiger partial charge in [-0.2, -0.15) is 0 Å². The van der Waals surface area contributed by atoms with Crippen LogP contribution < -0.4 is 9.64 Å². The molecule has 1 atom stereocenters. The first kappa shape index (κ1) is 15.3. The van der Waals surface area contributed by atoms with Gasteiger partial charge in [0, 0.05) is 31.4 Å². The number of nitrogens with zero attached hydrogens (tertiary/aromatic N) is 3. The molecule has 1 saturated heterocycles. The number of halogens is 1. The van der Waals surface area contributed by atoms with Gasteiger partial charge < -0.3 is 14.1 Å². The largest absolute Gasteiger partial charge is 0.476 e. The molecule has 0 saturated carbocycles. The molecule has 0 aromatic carbocycles. The van der Waals surface area contributed by atoms with Crippen LogP contribution in [0.3, 0.4) is 0 Å². The monoisotopic (exact) mass is 343 g/mol. The predicted octanol–water partition coefficient (Wildman–Crippen LogP) is 4.17. The molecule has 0 N–H and O–H groups in total. The van der Waals surface area contributed by atoms with Crippen LogP contribution in [-0.4, -0.2) is 29.7 Å². The normalized spacial score (nSPS) is 18.0. The Balaban J connectivity index is 1.46. The van der Waals surface area contributed by atoms with Gasteiger partial charge in [-0.3, -0.25) is 0 Å². The highest BCUT2D eigenvalue weighted by molar-refractivity contribution is 6.31. The van der Waals surface area contributed by atoms with Gasteiger partial charge in [0.05, 0.1) is 18.3 Å². The highest BCUT2D eigenvalue weighted by Gasteiger charge is 2.23. The van der Waals surface area contributed by atoms with Crippen molar-refractivity contribution in [2.45, 2.75) is 12.8 Å². The van der Waals surface area contributed by atoms with Gasteiger partial charge in [0.15, 0.2) is 0 Å². The van der Waals surface area contributed by atoms with E-state index in [1.807, 2.05) is 12.1 Å². The van der Waals surface area contributed by atoms with E-state index in [1.54, 1.807) is 30.8 Å². The summed E-state index contributed by atoms with van der Waals surface area (Å²) in [6.45, 7) is 2.51. The Kier molecular flexibility index (Phi) is 4.26. The number of anilines is 1. The van der Waals surface area contributed by atoms with Gasteiger partial charge in [-0.1, -0.05) is 11.6 Å². The zero-order chi connectivity index (χ0) is 16.4. The molecule has 0 amide bonds. The second-order valence-corrected chi connectivity index (χ2v) is 6.43. The van der Waals surface area contributed by atoms with E-state index in [-0.39, 0.29) is 0 Å². The first-order valence-corrected chi connectivity index (χ1v) is 8.49. The van der Waals surface area contributed by atoms with Crippen molar-refractivity contribution in [3.8, 4) is 5.88 Å². The van der Waals surface area contributed by atoms with Crippen LogP contribution >= 0.6 is 11.6 Å². The van der Waals surface area contributed by atoms with Gasteiger partial charge in [-0.25, -0.2) is 9.97 Å². The predicted molar refractivity (Wildman–Crippen MR) is 93.7 cm³/mol. The summed E-state index contributed by atoms with van der Waals surface area (Å²) >= 11 is 6.10. The lowest BCUT2D eigenvalue weighted by Gasteiger charge is -2.33. The number of rotatable bonds is 4. The summed E-state index contributed by atoms with van der Waals surface area (Å²) in [6.07, 6.45) is 7.44. The van der Waals surface area contributed by atoms with E-state index < -0.39 is 0 Å². The van der Waals surface area contributed by atoms with Gasteiger partial charge >= 0.3 is 0 Å². The van der Waals surface area contributed by atoms with Crippen LogP contribution in [0.5, 0.6) is 5.88 Å². The van der Waals surface area contributed by atoms with Crippen LogP contribution in [0.25, 0.3) is 11.0 Å². The summed E-state index contributed by atoms with van der Waals surface area (Å²) in [5.74, 6) is 1.91. The number of ether oxygens (including phenoxy) is 1. The minimum Gasteiger partial charge on any atom is -0.476 e. The molecule has 3 aromatic rings. The van der Waals surface area contributed by atoms with Crippen molar-refractivity contribution in [2.24, 2.45) is 5.92 Å². The molecule has 1 fully saturated rings. The smallest absolute Gasteiger partial charge is 0.232 e. The van der Waals surface area contributed by atoms with Crippen molar-refractivity contribution in [2.75, 3.05) is 24.6 Å². The zero-order valence-electron chi connectivity index (χ0n) is 13.2. The molecule has 0 spiro atoms. The maximum absolute atomic E-state index is 6.10. The van der Waals surface area contributed by atoms with E-state index in [1.165, 1.54) is 0 Å². The molecule has 0 aliphatic carbocycles. The standard InChI is InChI=1S/C18H18ClN3O2/c19-15-4-1-7-21-18(15)24-12-13-3-2-9-22(11-13)17-14-6-10-23-16(14)5-8-20-17/h1,4-8,10,13H,2-3,9,11-12H2. The Morgan fingerprint density at radius 1 is 1.25 bits per heavy atom. The molecule has 1 aliphatic heterocycles. The fourth-order valence-electron chi connectivity index (χ4n) is 3.20. The van der Waals surface area contributed by atoms with E-state index in [0.717, 1.165) is 42.7 Å². The van der Waals surface area contributed by atoms with Crippen LogP contribution in [-0.2, 0) is 0 Å². The number of fused-ring (bicyclic) bond motifs is 1. The Bertz CT molecular complexity index is 836. The molecule has 124 valence electrons. The fraction of sp³-hybridized carbons (Fsp3) is 0.333. The summed E-state index contributed by atoms with van der Waals surface area (Å²) in [5, 5.41) is 1.61. The van der Waals surface area contributed by atoms with Crippen LogP contribution in [0, 0.1) is 5.92 Å². The second kappa shape index (κ2) is 6.69. The Hall–Kier alpha value is -2.27. The summed E-state index contributed by atoms with van der Waals surface area (Å²) in [7, 11) is 0. The second-order valence-electron chi connectivity index (χ2n) is 6.02. The molecule has 0 bridgehead atoms. The van der Waals surface area contributed by atoms with Crippen molar-refractivity contribution in [1.29, 1.82) is 0 Å². The lowest BCUT2D eigenvalue weighted by Crippen LogP contribution is -2.38. The quantitative estimate of drug-likeness (QED) is 0.711. The lowest BCUT2D eigenvalue weighted by molar-refractivity contribution is 0.222. The molecule has 0 radical (unpaired) electrons. The first-order valence-electron chi connectivity index (χ1n) is 8.12. The first-order chi connectivity index (χ1) is 11.8. The van der Waals surface area contributed by atoms with Gasteiger partial charge in [0.25, 0.3) is 0 Å². The Labute approximate surface area is 145 Å². The van der Waals surface area contributed by atoms with Crippen molar-refractivity contribution >= 4 is 28.4 Å². The van der Waals surface area contributed by atoms with Crippen molar-refractivity contribution in [1.82, 2.24) is 9.97 Å². The van der Waals surface area contributed by atoms with Gasteiger partial charge in [-0.05, 0) is 37.1 Å². The summed E-state index contributed by atoms with van der Waals surface area (Å²) in [4.78, 5) is 11.1. The van der Waals surface area contributed by atoms with Crippen LogP contribution in [0.1, 0.15) is 12.8 Å². The minimum atomic E-state index is 0.417. The van der Waals surface area contributed by atoms with E-state index >= 15 is 0 Å². The summed E-state index contributed by atoms with van der Waals surface area (Å²) < 4.78 is 11.3. The third-order valence-corrected chi connectivity index (χ3v) is 4.65. The highest BCUT2D eigenvalue weighted by Crippen LogP contribution is 2.29. The van der Waals surface area contributed by atoms with Crippen LogP contribution in [0.15, 0.2) is 47.3 Å². The third kappa shape index (κ3) is 3.04. The maximum Gasteiger partial charge on any atom is 0.232 e. The van der Waals surface area contributed by atoms with E-state index in [2.05, 4.69) is 14.9 Å². The highest BCUT2D eigenvalue weighted by atomic mass is 35.5. The number of pyridine rings is 2. The van der Waals surface area contributed by atoms with Gasteiger partial charge in [0.1, 0.15) is 16.4 Å². The molecule has 3 aromatic heterocycles. The molecule has 4 rings (SSSR count). The number of hydrogen-bond donors (Lipinski definition) is 0. The van der Waals surface area contributed by atoms with Crippen LogP contribution in [0.2, 0.25) is 5.02 Å².